The van der Waals surface area contributed by atoms with Gasteiger partial charge in [-0.1, -0.05) is 13.0 Å². The Bertz CT molecular complexity index is 1070. The second kappa shape index (κ2) is 6.32. The summed E-state index contributed by atoms with van der Waals surface area (Å²) in [6.07, 6.45) is 5.33. The number of carbonyl (C=O) groups is 1. The molecule has 0 saturated heterocycles. The van der Waals surface area contributed by atoms with Crippen LogP contribution in [0.1, 0.15) is 67.0 Å². The molecule has 0 aliphatic heterocycles. The summed E-state index contributed by atoms with van der Waals surface area (Å²) in [7, 11) is 0. The maximum Gasteiger partial charge on any atom is 0.308 e. The van der Waals surface area contributed by atoms with Gasteiger partial charge in [-0.15, -0.1) is 0 Å². The predicted molar refractivity (Wildman–Crippen MR) is 109 cm³/mol. The van der Waals surface area contributed by atoms with E-state index in [0.29, 0.717) is 34.9 Å². The normalized spacial score (nSPS) is 29.1. The van der Waals surface area contributed by atoms with Crippen molar-refractivity contribution < 1.29 is 9.53 Å². The molecule has 0 radical (unpaired) electrons. The molecule has 4 atom stereocenters. The molecule has 0 amide bonds. The number of aromatic nitrogens is 1. The quantitative estimate of drug-likeness (QED) is 0.589. The first-order valence-corrected chi connectivity index (χ1v) is 10.4. The molecule has 3 aliphatic carbocycles. The van der Waals surface area contributed by atoms with Crippen LogP contribution in [0.3, 0.4) is 0 Å². The highest BCUT2D eigenvalue weighted by Gasteiger charge is 2.53. The molecule has 148 valence electrons. The van der Waals surface area contributed by atoms with Crippen molar-refractivity contribution in [2.45, 2.75) is 57.3 Å². The number of esters is 1. The van der Waals surface area contributed by atoms with E-state index in [9.17, 15) is 10.1 Å². The third kappa shape index (κ3) is 2.66. The van der Waals surface area contributed by atoms with Crippen LogP contribution in [0.2, 0.25) is 0 Å². The molecule has 0 spiro atoms. The average molecular weight is 387 g/mol. The van der Waals surface area contributed by atoms with E-state index in [0.717, 1.165) is 37.8 Å². The van der Waals surface area contributed by atoms with Gasteiger partial charge in [-0.25, -0.2) is 4.98 Å². The molecule has 0 bridgehead atoms. The van der Waals surface area contributed by atoms with Crippen LogP contribution in [0.4, 0.5) is 5.82 Å². The van der Waals surface area contributed by atoms with Gasteiger partial charge in [0.25, 0.3) is 0 Å². The summed E-state index contributed by atoms with van der Waals surface area (Å²) in [6, 6.07) is 10.3. The standard InChI is InChI=1S/C24H25N3O2/c1-13(28)29-17-4-6-18-14(10-17)3-5-20-19(18)7-8-24(2)21(20)11-15-9-16(12-25)23(26)27-22(15)24/h4,6,9-10,19-21H,3,5,7-8,11H2,1-2H3,(H2,26,27)/t19-,20-,21+,24+/m1/s1. The number of nitrogens with two attached hydrogens (primary N) is 1. The fourth-order valence-electron chi connectivity index (χ4n) is 6.32. The van der Waals surface area contributed by atoms with E-state index in [1.54, 1.807) is 0 Å². The predicted octanol–water partition coefficient (Wildman–Crippen LogP) is 4.03. The maximum atomic E-state index is 11.3. The number of ether oxygens (including phenoxy) is 1. The highest BCUT2D eigenvalue weighted by atomic mass is 16.5. The van der Waals surface area contributed by atoms with Crippen molar-refractivity contribution >= 4 is 11.8 Å². The second-order valence-electron chi connectivity index (χ2n) is 9.07. The maximum absolute atomic E-state index is 11.3. The number of nitrogens with zero attached hydrogens (tertiary/aromatic N) is 2. The summed E-state index contributed by atoms with van der Waals surface area (Å²) < 4.78 is 5.29. The first-order chi connectivity index (χ1) is 13.9. The van der Waals surface area contributed by atoms with Gasteiger partial charge >= 0.3 is 5.97 Å². The van der Waals surface area contributed by atoms with Crippen molar-refractivity contribution in [2.24, 2.45) is 11.8 Å². The zero-order chi connectivity index (χ0) is 20.3. The summed E-state index contributed by atoms with van der Waals surface area (Å²) in [5, 5.41) is 9.34. The van der Waals surface area contributed by atoms with Gasteiger partial charge < -0.3 is 10.5 Å². The summed E-state index contributed by atoms with van der Waals surface area (Å²) in [4.78, 5) is 16.0. The minimum absolute atomic E-state index is 0.0355. The Morgan fingerprint density at radius 2 is 2.14 bits per heavy atom. The Morgan fingerprint density at radius 1 is 1.31 bits per heavy atom. The number of nitrogen functional groups attached to an aromatic ring is 1. The molecule has 1 saturated carbocycles. The molecular weight excluding hydrogens is 362 g/mol. The van der Waals surface area contributed by atoms with Crippen LogP contribution < -0.4 is 10.5 Å². The Balaban J connectivity index is 1.49. The second-order valence-corrected chi connectivity index (χ2v) is 9.07. The average Bonchev–Trinajstić information content (AvgIpc) is 2.98. The van der Waals surface area contributed by atoms with E-state index < -0.39 is 0 Å². The Kier molecular flexibility index (Phi) is 3.96. The van der Waals surface area contributed by atoms with Crippen molar-refractivity contribution in [2.75, 3.05) is 5.73 Å². The Hall–Kier alpha value is -2.87. The van der Waals surface area contributed by atoms with Gasteiger partial charge in [-0.05, 0) is 84.7 Å². The van der Waals surface area contributed by atoms with Gasteiger partial charge in [0.1, 0.15) is 17.6 Å². The molecular formula is C24H25N3O2. The molecule has 0 unspecified atom stereocenters. The highest BCUT2D eigenvalue weighted by Crippen LogP contribution is 2.59. The highest BCUT2D eigenvalue weighted by molar-refractivity contribution is 5.69. The van der Waals surface area contributed by atoms with E-state index >= 15 is 0 Å². The van der Waals surface area contributed by atoms with E-state index in [1.807, 2.05) is 18.2 Å². The lowest BCUT2D eigenvalue weighted by atomic mass is 9.55. The smallest absolute Gasteiger partial charge is 0.308 e. The van der Waals surface area contributed by atoms with Gasteiger partial charge in [0.15, 0.2) is 0 Å². The molecule has 3 aliphatic rings. The molecule has 2 N–H and O–H groups in total. The summed E-state index contributed by atoms with van der Waals surface area (Å²) in [6.45, 7) is 3.78. The van der Waals surface area contributed by atoms with Gasteiger partial charge in [-0.3, -0.25) is 4.79 Å². The van der Waals surface area contributed by atoms with Gasteiger partial charge in [0.2, 0.25) is 0 Å². The number of benzene rings is 1. The molecule has 29 heavy (non-hydrogen) atoms. The number of nitriles is 1. The lowest BCUT2D eigenvalue weighted by Crippen LogP contribution is -2.43. The van der Waals surface area contributed by atoms with Gasteiger partial charge in [-0.2, -0.15) is 5.26 Å². The Labute approximate surface area is 170 Å². The van der Waals surface area contributed by atoms with E-state index in [1.165, 1.54) is 23.6 Å². The summed E-state index contributed by atoms with van der Waals surface area (Å²) in [5.41, 5.74) is 11.7. The van der Waals surface area contributed by atoms with Gasteiger partial charge in [0.05, 0.1) is 11.3 Å². The molecule has 5 heteroatoms. The minimum atomic E-state index is -0.278. The first kappa shape index (κ1) is 18.2. The molecule has 5 rings (SSSR count). The molecule has 2 aromatic rings. The zero-order valence-corrected chi connectivity index (χ0v) is 16.9. The first-order valence-electron chi connectivity index (χ1n) is 10.4. The third-order valence-electron chi connectivity index (χ3n) is 7.58. The number of hydrogen-bond acceptors (Lipinski definition) is 5. The van der Waals surface area contributed by atoms with Crippen LogP contribution in [-0.2, 0) is 23.1 Å². The largest absolute Gasteiger partial charge is 0.427 e. The number of anilines is 1. The molecule has 1 aromatic heterocycles. The van der Waals surface area contributed by atoms with Crippen molar-refractivity contribution in [3.63, 3.8) is 0 Å². The van der Waals surface area contributed by atoms with Crippen molar-refractivity contribution in [3.8, 4) is 11.8 Å². The fourth-order valence-corrected chi connectivity index (χ4v) is 6.32. The fraction of sp³-hybridized carbons (Fsp3) is 0.458. The van der Waals surface area contributed by atoms with Crippen LogP contribution in [-0.4, -0.2) is 11.0 Å². The zero-order valence-electron chi connectivity index (χ0n) is 16.9. The number of pyridine rings is 1. The van der Waals surface area contributed by atoms with Crippen molar-refractivity contribution in [3.05, 3.63) is 52.2 Å². The van der Waals surface area contributed by atoms with Crippen LogP contribution in [0, 0.1) is 23.2 Å². The van der Waals surface area contributed by atoms with E-state index in [4.69, 9.17) is 15.5 Å². The number of aryl methyl sites for hydroxylation is 1. The third-order valence-corrected chi connectivity index (χ3v) is 7.58. The number of hydrogen-bond donors (Lipinski definition) is 1. The monoisotopic (exact) mass is 387 g/mol. The molecule has 1 aromatic carbocycles. The van der Waals surface area contributed by atoms with Crippen molar-refractivity contribution in [1.82, 2.24) is 4.98 Å². The number of fused-ring (bicyclic) bond motifs is 7. The van der Waals surface area contributed by atoms with Crippen LogP contribution >= 0.6 is 0 Å². The summed E-state index contributed by atoms with van der Waals surface area (Å²) >= 11 is 0. The number of rotatable bonds is 1. The Morgan fingerprint density at radius 3 is 2.90 bits per heavy atom. The lowest BCUT2D eigenvalue weighted by molar-refractivity contribution is -0.131. The van der Waals surface area contributed by atoms with Crippen LogP contribution in [0.15, 0.2) is 24.3 Å². The van der Waals surface area contributed by atoms with Crippen LogP contribution in [0.25, 0.3) is 0 Å². The van der Waals surface area contributed by atoms with Crippen molar-refractivity contribution in [1.29, 1.82) is 5.26 Å². The van der Waals surface area contributed by atoms with Gasteiger partial charge in [0, 0.05) is 12.3 Å². The summed E-state index contributed by atoms with van der Waals surface area (Å²) in [5.74, 6) is 2.39. The van der Waals surface area contributed by atoms with Crippen LogP contribution in [0.5, 0.6) is 5.75 Å². The molecule has 5 nitrogen and oxygen atoms in total. The number of carbonyl (C=O) groups excluding carboxylic acids is 1. The minimum Gasteiger partial charge on any atom is -0.427 e. The molecule has 1 heterocycles. The SMILES string of the molecule is CC(=O)Oc1ccc2c(c1)CC[C@@H]1[C@@H]2CC[C@]2(C)c3nc(N)c(C#N)cc3C[C@@H]12. The van der Waals surface area contributed by atoms with E-state index in [-0.39, 0.29) is 11.4 Å². The van der Waals surface area contributed by atoms with E-state index in [2.05, 4.69) is 19.1 Å². The lowest BCUT2D eigenvalue weighted by Gasteiger charge is -2.49. The molecule has 1 fully saturated rings. The topological polar surface area (TPSA) is 89.0 Å².